The molecule has 1 nitrogen and oxygen atoms in total. The van der Waals surface area contributed by atoms with E-state index < -0.39 is 0 Å². The molecular weight excluding hydrogens is 134 g/mol. The fraction of sp³-hybridized carbons (Fsp3) is 0.800. The van der Waals surface area contributed by atoms with Crippen LogP contribution in [0.3, 0.4) is 0 Å². The first-order valence-electron chi connectivity index (χ1n) is 4.82. The second kappa shape index (κ2) is 4.42. The highest BCUT2D eigenvalue weighted by molar-refractivity contribution is 5.01. The zero-order chi connectivity index (χ0) is 8.10. The Morgan fingerprint density at radius 1 is 1.27 bits per heavy atom. The van der Waals surface area contributed by atoms with E-state index in [2.05, 4.69) is 24.8 Å². The molecule has 0 aliphatic carbocycles. The predicted molar refractivity (Wildman–Crippen MR) is 49.5 cm³/mol. The van der Waals surface area contributed by atoms with Crippen LogP contribution in [0.15, 0.2) is 11.8 Å². The summed E-state index contributed by atoms with van der Waals surface area (Å²) in [5, 5.41) is 0. The molecule has 1 aliphatic heterocycles. The van der Waals surface area contributed by atoms with Crippen LogP contribution in [0.4, 0.5) is 0 Å². The Bertz CT molecular complexity index is 132. The van der Waals surface area contributed by atoms with Gasteiger partial charge in [0.05, 0.1) is 0 Å². The van der Waals surface area contributed by atoms with Gasteiger partial charge >= 0.3 is 0 Å². The summed E-state index contributed by atoms with van der Waals surface area (Å²) in [6.07, 6.45) is 7.53. The summed E-state index contributed by atoms with van der Waals surface area (Å²) in [5.74, 6) is 0. The van der Waals surface area contributed by atoms with Gasteiger partial charge in [0.15, 0.2) is 0 Å². The van der Waals surface area contributed by atoms with Crippen molar-refractivity contribution in [2.45, 2.75) is 39.5 Å². The Labute approximate surface area is 70.1 Å². The van der Waals surface area contributed by atoms with Gasteiger partial charge in [0.25, 0.3) is 0 Å². The van der Waals surface area contributed by atoms with E-state index in [1.165, 1.54) is 38.8 Å². The molecule has 0 aromatic heterocycles. The molecule has 1 heteroatoms. The molecule has 0 unspecified atom stereocenters. The molecule has 1 rings (SSSR count). The van der Waals surface area contributed by atoms with Gasteiger partial charge in [-0.1, -0.05) is 19.9 Å². The van der Waals surface area contributed by atoms with E-state index in [4.69, 9.17) is 0 Å². The molecule has 0 amide bonds. The van der Waals surface area contributed by atoms with Crippen LogP contribution in [0.1, 0.15) is 39.5 Å². The molecule has 0 N–H and O–H groups in total. The molecule has 1 saturated heterocycles. The van der Waals surface area contributed by atoms with Crippen molar-refractivity contribution in [3.05, 3.63) is 11.8 Å². The molecule has 0 atom stereocenters. The average Bonchev–Trinajstić information content (AvgIpc) is 2.52. The van der Waals surface area contributed by atoms with Gasteiger partial charge in [-0.2, -0.15) is 0 Å². The number of likely N-dealkylation sites (tertiary alicyclic amines) is 1. The first-order valence-corrected chi connectivity index (χ1v) is 4.82. The predicted octanol–water partition coefficient (Wildman–Crippen LogP) is 2.79. The normalized spacial score (nSPS) is 19.5. The fourth-order valence-electron chi connectivity index (χ4n) is 1.74. The van der Waals surface area contributed by atoms with Crippen molar-refractivity contribution in [3.8, 4) is 0 Å². The lowest BCUT2D eigenvalue weighted by Gasteiger charge is -2.20. The maximum absolute atomic E-state index is 2.53. The Morgan fingerprint density at radius 2 is 1.91 bits per heavy atom. The standard InChI is InChI=1S/C10H19N/c1-3-7-10(4-2)11-8-5-6-9-11/h7H,3-6,8-9H2,1-2H3/b10-7+. The van der Waals surface area contributed by atoms with Crippen LogP contribution in [0.25, 0.3) is 0 Å². The lowest BCUT2D eigenvalue weighted by Crippen LogP contribution is -2.17. The third kappa shape index (κ3) is 2.25. The summed E-state index contributed by atoms with van der Waals surface area (Å²) in [6.45, 7) is 7.05. The highest BCUT2D eigenvalue weighted by atomic mass is 15.1. The fourth-order valence-corrected chi connectivity index (χ4v) is 1.74. The Morgan fingerprint density at radius 3 is 2.36 bits per heavy atom. The van der Waals surface area contributed by atoms with Crippen molar-refractivity contribution in [1.82, 2.24) is 4.90 Å². The van der Waals surface area contributed by atoms with Crippen LogP contribution < -0.4 is 0 Å². The minimum Gasteiger partial charge on any atom is -0.375 e. The van der Waals surface area contributed by atoms with Crippen molar-refractivity contribution >= 4 is 0 Å². The number of allylic oxidation sites excluding steroid dienone is 2. The highest BCUT2D eigenvalue weighted by Crippen LogP contribution is 2.17. The summed E-state index contributed by atoms with van der Waals surface area (Å²) in [7, 11) is 0. The number of rotatable bonds is 3. The van der Waals surface area contributed by atoms with Crippen LogP contribution in [-0.2, 0) is 0 Å². The second-order valence-corrected chi connectivity index (χ2v) is 3.15. The van der Waals surface area contributed by atoms with E-state index in [1.54, 1.807) is 5.70 Å². The average molecular weight is 153 g/mol. The number of nitrogens with zero attached hydrogens (tertiary/aromatic N) is 1. The third-order valence-corrected chi connectivity index (χ3v) is 2.31. The molecule has 0 radical (unpaired) electrons. The van der Waals surface area contributed by atoms with Gasteiger partial charge in [0.1, 0.15) is 0 Å². The summed E-state index contributed by atoms with van der Waals surface area (Å²) in [6, 6.07) is 0. The van der Waals surface area contributed by atoms with Crippen LogP contribution in [0, 0.1) is 0 Å². The molecule has 0 aromatic rings. The van der Waals surface area contributed by atoms with Gasteiger partial charge < -0.3 is 4.90 Å². The summed E-state index contributed by atoms with van der Waals surface area (Å²) < 4.78 is 0. The van der Waals surface area contributed by atoms with Gasteiger partial charge in [0.2, 0.25) is 0 Å². The van der Waals surface area contributed by atoms with Gasteiger partial charge in [-0.3, -0.25) is 0 Å². The maximum Gasteiger partial charge on any atom is 0.0175 e. The molecule has 1 heterocycles. The van der Waals surface area contributed by atoms with E-state index in [1.807, 2.05) is 0 Å². The monoisotopic (exact) mass is 153 g/mol. The van der Waals surface area contributed by atoms with E-state index in [-0.39, 0.29) is 0 Å². The van der Waals surface area contributed by atoms with Gasteiger partial charge in [-0.15, -0.1) is 0 Å². The lowest BCUT2D eigenvalue weighted by atomic mass is 10.2. The van der Waals surface area contributed by atoms with Crippen LogP contribution >= 0.6 is 0 Å². The van der Waals surface area contributed by atoms with Crippen molar-refractivity contribution < 1.29 is 0 Å². The zero-order valence-electron chi connectivity index (χ0n) is 7.77. The largest absolute Gasteiger partial charge is 0.375 e. The minimum absolute atomic E-state index is 1.18. The smallest absolute Gasteiger partial charge is 0.0175 e. The first-order chi connectivity index (χ1) is 5.38. The Kier molecular flexibility index (Phi) is 3.47. The summed E-state index contributed by atoms with van der Waals surface area (Å²) in [5.41, 5.74) is 1.56. The Hall–Kier alpha value is -0.460. The van der Waals surface area contributed by atoms with Crippen molar-refractivity contribution in [2.75, 3.05) is 13.1 Å². The SMILES string of the molecule is CC/C=C(\CC)N1CCCC1. The van der Waals surface area contributed by atoms with Crippen molar-refractivity contribution in [3.63, 3.8) is 0 Å². The molecular formula is C10H19N. The topological polar surface area (TPSA) is 3.24 Å². The quantitative estimate of drug-likeness (QED) is 0.602. The third-order valence-electron chi connectivity index (χ3n) is 2.31. The minimum atomic E-state index is 1.18. The number of hydrogen-bond acceptors (Lipinski definition) is 1. The maximum atomic E-state index is 2.53. The van der Waals surface area contributed by atoms with Crippen LogP contribution in [0.5, 0.6) is 0 Å². The number of hydrogen-bond donors (Lipinski definition) is 0. The van der Waals surface area contributed by atoms with Crippen molar-refractivity contribution in [2.24, 2.45) is 0 Å². The molecule has 0 bridgehead atoms. The van der Waals surface area contributed by atoms with E-state index >= 15 is 0 Å². The molecule has 0 aromatic carbocycles. The molecule has 1 fully saturated rings. The van der Waals surface area contributed by atoms with Crippen LogP contribution in [0.2, 0.25) is 0 Å². The summed E-state index contributed by atoms with van der Waals surface area (Å²) in [4.78, 5) is 2.53. The highest BCUT2D eigenvalue weighted by Gasteiger charge is 2.12. The molecule has 0 saturated carbocycles. The second-order valence-electron chi connectivity index (χ2n) is 3.15. The molecule has 11 heavy (non-hydrogen) atoms. The van der Waals surface area contributed by atoms with Gasteiger partial charge in [0, 0.05) is 18.8 Å². The first kappa shape index (κ1) is 8.63. The van der Waals surface area contributed by atoms with Gasteiger partial charge in [-0.25, -0.2) is 0 Å². The molecule has 0 spiro atoms. The van der Waals surface area contributed by atoms with E-state index in [0.29, 0.717) is 0 Å². The van der Waals surface area contributed by atoms with Crippen LogP contribution in [-0.4, -0.2) is 18.0 Å². The lowest BCUT2D eigenvalue weighted by molar-refractivity contribution is 0.411. The van der Waals surface area contributed by atoms with E-state index in [9.17, 15) is 0 Å². The Balaban J connectivity index is 2.46. The van der Waals surface area contributed by atoms with Gasteiger partial charge in [-0.05, 0) is 25.7 Å². The molecule has 1 aliphatic rings. The summed E-state index contributed by atoms with van der Waals surface area (Å²) >= 11 is 0. The zero-order valence-corrected chi connectivity index (χ0v) is 7.77. The van der Waals surface area contributed by atoms with Crippen molar-refractivity contribution in [1.29, 1.82) is 0 Å². The molecule has 64 valence electrons. The van der Waals surface area contributed by atoms with E-state index in [0.717, 1.165) is 0 Å².